The Morgan fingerprint density at radius 1 is 1.45 bits per heavy atom. The zero-order chi connectivity index (χ0) is 14.0. The van der Waals surface area contributed by atoms with E-state index in [2.05, 4.69) is 17.6 Å². The molecule has 1 amide bonds. The van der Waals surface area contributed by atoms with Crippen LogP contribution in [0.1, 0.15) is 46.5 Å². The summed E-state index contributed by atoms with van der Waals surface area (Å²) in [4.78, 5) is 12.2. The third kappa shape index (κ3) is 4.09. The van der Waals surface area contributed by atoms with Gasteiger partial charge in [0.1, 0.15) is 0 Å². The quantitative estimate of drug-likeness (QED) is 0.724. The van der Waals surface area contributed by atoms with E-state index in [1.54, 1.807) is 0 Å². The monoisotopic (exact) mass is 304 g/mol. The molecule has 1 unspecified atom stereocenters. The molecule has 1 saturated heterocycles. The van der Waals surface area contributed by atoms with Gasteiger partial charge in [-0.25, -0.2) is 0 Å². The van der Waals surface area contributed by atoms with Gasteiger partial charge in [0.05, 0.1) is 6.10 Å². The summed E-state index contributed by atoms with van der Waals surface area (Å²) in [6.45, 7) is 7.79. The molecule has 2 rings (SSSR count). The van der Waals surface area contributed by atoms with Gasteiger partial charge in [-0.3, -0.25) is 4.79 Å². The molecule has 118 valence electrons. The van der Waals surface area contributed by atoms with Crippen molar-refractivity contribution in [3.8, 4) is 0 Å². The van der Waals surface area contributed by atoms with Gasteiger partial charge in [-0.1, -0.05) is 13.8 Å². The van der Waals surface area contributed by atoms with Crippen LogP contribution in [0, 0.1) is 17.3 Å². The van der Waals surface area contributed by atoms with Crippen LogP contribution >= 0.6 is 12.4 Å². The highest BCUT2D eigenvalue weighted by Gasteiger charge is 2.50. The van der Waals surface area contributed by atoms with Gasteiger partial charge in [-0.15, -0.1) is 12.4 Å². The Balaban J connectivity index is 0.00000200. The number of piperidine rings is 1. The number of aliphatic hydroxyl groups excluding tert-OH is 1. The van der Waals surface area contributed by atoms with Crippen LogP contribution in [-0.2, 0) is 4.79 Å². The number of carbonyl (C=O) groups excluding carboxylic acids is 1. The molecule has 2 fully saturated rings. The van der Waals surface area contributed by atoms with Gasteiger partial charge < -0.3 is 15.7 Å². The third-order valence-electron chi connectivity index (χ3n) is 4.76. The molecule has 4 nitrogen and oxygen atoms in total. The van der Waals surface area contributed by atoms with Gasteiger partial charge >= 0.3 is 0 Å². The molecule has 3 N–H and O–H groups in total. The standard InChI is InChI=1S/C15H28N2O2.ClH/c1-10(2)13(18)15(5-6-15)9-17-14(19)12-4-7-16-11(3)8-12;/h10-13,16,18H,4-9H2,1-3H3,(H,17,19);1H/t11-,12-,13?;/m0./s1. The summed E-state index contributed by atoms with van der Waals surface area (Å²) in [5.41, 5.74) is -0.0393. The molecule has 0 aromatic carbocycles. The van der Waals surface area contributed by atoms with Crippen molar-refractivity contribution in [2.75, 3.05) is 13.1 Å². The Morgan fingerprint density at radius 3 is 2.60 bits per heavy atom. The van der Waals surface area contributed by atoms with E-state index >= 15 is 0 Å². The highest BCUT2D eigenvalue weighted by atomic mass is 35.5. The fourth-order valence-electron chi connectivity index (χ4n) is 3.22. The lowest BCUT2D eigenvalue weighted by Crippen LogP contribution is -2.45. The summed E-state index contributed by atoms with van der Waals surface area (Å²) in [7, 11) is 0. The molecule has 0 radical (unpaired) electrons. The van der Waals surface area contributed by atoms with Gasteiger partial charge in [0.25, 0.3) is 0 Å². The van der Waals surface area contributed by atoms with E-state index in [-0.39, 0.29) is 41.7 Å². The second kappa shape index (κ2) is 7.10. The average Bonchev–Trinajstić information content (AvgIpc) is 3.16. The van der Waals surface area contributed by atoms with Gasteiger partial charge in [0.15, 0.2) is 0 Å². The molecule has 0 aromatic heterocycles. The third-order valence-corrected chi connectivity index (χ3v) is 4.76. The number of aliphatic hydroxyl groups is 1. The topological polar surface area (TPSA) is 61.4 Å². The Morgan fingerprint density at radius 2 is 2.10 bits per heavy atom. The number of halogens is 1. The molecular formula is C15H29ClN2O2. The van der Waals surface area contributed by atoms with Crippen LogP contribution in [0.25, 0.3) is 0 Å². The first-order valence-corrected chi connectivity index (χ1v) is 7.64. The Labute approximate surface area is 128 Å². The molecule has 0 aromatic rings. The van der Waals surface area contributed by atoms with Crippen molar-refractivity contribution < 1.29 is 9.90 Å². The fraction of sp³-hybridized carbons (Fsp3) is 0.933. The SMILES string of the molecule is CC(C)C(O)C1(CNC(=O)[C@H]2CCN[C@@H](C)C2)CC1.Cl. The summed E-state index contributed by atoms with van der Waals surface area (Å²) in [6.07, 6.45) is 3.63. The lowest BCUT2D eigenvalue weighted by molar-refractivity contribution is -0.126. The number of nitrogens with one attached hydrogen (secondary N) is 2. The van der Waals surface area contributed by atoms with Crippen LogP contribution in [0.5, 0.6) is 0 Å². The summed E-state index contributed by atoms with van der Waals surface area (Å²) in [5.74, 6) is 0.581. The Bertz CT molecular complexity index is 332. The smallest absolute Gasteiger partial charge is 0.223 e. The van der Waals surface area contributed by atoms with Crippen molar-refractivity contribution in [3.63, 3.8) is 0 Å². The van der Waals surface area contributed by atoms with Crippen LogP contribution in [0.2, 0.25) is 0 Å². The summed E-state index contributed by atoms with van der Waals surface area (Å²) < 4.78 is 0. The fourth-order valence-corrected chi connectivity index (χ4v) is 3.22. The first kappa shape index (κ1) is 17.7. The molecule has 1 heterocycles. The number of hydrogen-bond donors (Lipinski definition) is 3. The Hall–Kier alpha value is -0.320. The molecule has 0 bridgehead atoms. The minimum atomic E-state index is -0.292. The zero-order valence-corrected chi connectivity index (χ0v) is 13.6. The van der Waals surface area contributed by atoms with E-state index in [4.69, 9.17) is 0 Å². The maximum absolute atomic E-state index is 12.2. The summed E-state index contributed by atoms with van der Waals surface area (Å²) in [5, 5.41) is 16.7. The van der Waals surface area contributed by atoms with E-state index < -0.39 is 0 Å². The van der Waals surface area contributed by atoms with Crippen molar-refractivity contribution in [3.05, 3.63) is 0 Å². The molecule has 5 heteroatoms. The minimum Gasteiger partial charge on any atom is -0.392 e. The summed E-state index contributed by atoms with van der Waals surface area (Å²) >= 11 is 0. The maximum atomic E-state index is 12.2. The molecule has 3 atom stereocenters. The number of amides is 1. The van der Waals surface area contributed by atoms with Crippen molar-refractivity contribution >= 4 is 18.3 Å². The van der Waals surface area contributed by atoms with Crippen LogP contribution in [-0.4, -0.2) is 36.2 Å². The number of rotatable bonds is 5. The molecule has 1 saturated carbocycles. The van der Waals surface area contributed by atoms with Gasteiger partial charge in [0.2, 0.25) is 5.91 Å². The second-order valence-electron chi connectivity index (χ2n) is 6.85. The maximum Gasteiger partial charge on any atom is 0.223 e. The molecule has 1 aliphatic heterocycles. The summed E-state index contributed by atoms with van der Waals surface area (Å²) in [6, 6.07) is 0.431. The first-order valence-electron chi connectivity index (χ1n) is 7.64. The lowest BCUT2D eigenvalue weighted by Gasteiger charge is -2.29. The molecule has 2 aliphatic rings. The van der Waals surface area contributed by atoms with Crippen molar-refractivity contribution in [1.29, 1.82) is 0 Å². The van der Waals surface area contributed by atoms with Crippen molar-refractivity contribution in [2.45, 2.75) is 58.6 Å². The van der Waals surface area contributed by atoms with Crippen molar-refractivity contribution in [1.82, 2.24) is 10.6 Å². The molecule has 20 heavy (non-hydrogen) atoms. The predicted molar refractivity (Wildman–Crippen MR) is 83.0 cm³/mol. The predicted octanol–water partition coefficient (Wildman–Crippen LogP) is 1.71. The molecule has 0 spiro atoms. The Kier molecular flexibility index (Phi) is 6.29. The van der Waals surface area contributed by atoms with Gasteiger partial charge in [-0.05, 0) is 45.1 Å². The first-order chi connectivity index (χ1) is 8.94. The van der Waals surface area contributed by atoms with Crippen molar-refractivity contribution in [2.24, 2.45) is 17.3 Å². The van der Waals surface area contributed by atoms with Gasteiger partial charge in [0, 0.05) is 23.9 Å². The highest BCUT2D eigenvalue weighted by Crippen LogP contribution is 2.50. The number of carbonyl (C=O) groups is 1. The number of hydrogen-bond acceptors (Lipinski definition) is 3. The lowest BCUT2D eigenvalue weighted by atomic mass is 9.89. The van der Waals surface area contributed by atoms with Crippen LogP contribution in [0.4, 0.5) is 0 Å². The van der Waals surface area contributed by atoms with Crippen LogP contribution in [0.3, 0.4) is 0 Å². The molecule has 1 aliphatic carbocycles. The zero-order valence-electron chi connectivity index (χ0n) is 12.8. The average molecular weight is 305 g/mol. The minimum absolute atomic E-state index is 0. The van der Waals surface area contributed by atoms with E-state index in [0.717, 1.165) is 32.2 Å². The van der Waals surface area contributed by atoms with Crippen LogP contribution < -0.4 is 10.6 Å². The largest absolute Gasteiger partial charge is 0.392 e. The van der Waals surface area contributed by atoms with Crippen LogP contribution in [0.15, 0.2) is 0 Å². The van der Waals surface area contributed by atoms with E-state index in [1.165, 1.54) is 0 Å². The van der Waals surface area contributed by atoms with E-state index in [1.807, 2.05) is 13.8 Å². The highest BCUT2D eigenvalue weighted by molar-refractivity contribution is 5.85. The van der Waals surface area contributed by atoms with Gasteiger partial charge in [-0.2, -0.15) is 0 Å². The normalized spacial score (nSPS) is 29.4. The molecular weight excluding hydrogens is 276 g/mol. The van der Waals surface area contributed by atoms with E-state index in [0.29, 0.717) is 12.6 Å². The van der Waals surface area contributed by atoms with E-state index in [9.17, 15) is 9.90 Å². The second-order valence-corrected chi connectivity index (χ2v) is 6.85.